The van der Waals surface area contributed by atoms with Crippen molar-refractivity contribution in [3.63, 3.8) is 0 Å². The Morgan fingerprint density at radius 3 is 2.52 bits per heavy atom. The van der Waals surface area contributed by atoms with Gasteiger partial charge in [0, 0.05) is 23.5 Å². The lowest BCUT2D eigenvalue weighted by Gasteiger charge is -2.25. The van der Waals surface area contributed by atoms with Crippen LogP contribution in [0.25, 0.3) is 11.0 Å². The van der Waals surface area contributed by atoms with Crippen molar-refractivity contribution >= 4 is 34.5 Å². The number of anilines is 1. The minimum atomic E-state index is -0.584. The van der Waals surface area contributed by atoms with Gasteiger partial charge in [0.2, 0.25) is 0 Å². The summed E-state index contributed by atoms with van der Waals surface area (Å²) in [5, 5.41) is 1.29. The van der Waals surface area contributed by atoms with E-state index < -0.39 is 5.63 Å². The number of carbonyl (C=O) groups is 1. The molecule has 0 bridgehead atoms. The molecule has 21 heavy (non-hydrogen) atoms. The van der Waals surface area contributed by atoms with Gasteiger partial charge in [-0.2, -0.15) is 0 Å². The molecule has 3 rings (SSSR count). The van der Waals surface area contributed by atoms with Crippen LogP contribution < -0.4 is 10.5 Å². The summed E-state index contributed by atoms with van der Waals surface area (Å²) in [6.45, 7) is 1.68. The molecule has 0 amide bonds. The van der Waals surface area contributed by atoms with Crippen molar-refractivity contribution in [2.24, 2.45) is 0 Å². The van der Waals surface area contributed by atoms with Crippen molar-refractivity contribution < 1.29 is 9.21 Å². The fourth-order valence-corrected chi connectivity index (χ4v) is 3.08. The standard InChI is InChI=1S/C16H16ClNO3/c17-11-5-6-14-12(9-11)15(13(10-19)16(20)21-14)18-7-3-1-2-4-8-18/h5-6,9-10H,1-4,7-8H2. The zero-order valence-electron chi connectivity index (χ0n) is 11.6. The number of fused-ring (bicyclic) bond motifs is 1. The molecule has 0 aliphatic carbocycles. The van der Waals surface area contributed by atoms with Gasteiger partial charge in [-0.15, -0.1) is 0 Å². The van der Waals surface area contributed by atoms with Crippen molar-refractivity contribution in [3.05, 3.63) is 39.2 Å². The molecule has 2 heterocycles. The van der Waals surface area contributed by atoms with Crippen LogP contribution in [0.4, 0.5) is 5.69 Å². The molecule has 0 radical (unpaired) electrons. The predicted molar refractivity (Wildman–Crippen MR) is 83.6 cm³/mol. The first-order valence-corrected chi connectivity index (χ1v) is 7.55. The molecule has 0 spiro atoms. The van der Waals surface area contributed by atoms with Crippen LogP contribution in [0.15, 0.2) is 27.4 Å². The molecule has 2 aromatic rings. The number of nitrogens with zero attached hydrogens (tertiary/aromatic N) is 1. The monoisotopic (exact) mass is 305 g/mol. The van der Waals surface area contributed by atoms with Gasteiger partial charge >= 0.3 is 5.63 Å². The van der Waals surface area contributed by atoms with E-state index in [1.165, 1.54) is 12.8 Å². The molecule has 0 unspecified atom stereocenters. The highest BCUT2D eigenvalue weighted by molar-refractivity contribution is 6.31. The third kappa shape index (κ3) is 2.68. The first-order chi connectivity index (χ1) is 10.2. The third-order valence-electron chi connectivity index (χ3n) is 3.91. The van der Waals surface area contributed by atoms with Crippen molar-refractivity contribution in [1.29, 1.82) is 0 Å². The van der Waals surface area contributed by atoms with Gasteiger partial charge in [-0.3, -0.25) is 4.79 Å². The summed E-state index contributed by atoms with van der Waals surface area (Å²) >= 11 is 6.07. The van der Waals surface area contributed by atoms with Crippen molar-refractivity contribution in [1.82, 2.24) is 0 Å². The Morgan fingerprint density at radius 1 is 1.14 bits per heavy atom. The van der Waals surface area contributed by atoms with Crippen LogP contribution >= 0.6 is 11.6 Å². The number of hydrogen-bond donors (Lipinski definition) is 0. The Hall–Kier alpha value is -1.81. The van der Waals surface area contributed by atoms with Crippen LogP contribution in [0.3, 0.4) is 0 Å². The number of carbonyl (C=O) groups excluding carboxylic acids is 1. The maximum absolute atomic E-state index is 12.0. The number of benzene rings is 1. The Balaban J connectivity index is 2.27. The number of aldehydes is 1. The summed E-state index contributed by atoms with van der Waals surface area (Å²) in [5.41, 5.74) is 0.639. The molecule has 0 saturated carbocycles. The van der Waals surface area contributed by atoms with E-state index in [2.05, 4.69) is 4.90 Å². The third-order valence-corrected chi connectivity index (χ3v) is 4.15. The highest BCUT2D eigenvalue weighted by Crippen LogP contribution is 2.31. The van der Waals surface area contributed by atoms with Gasteiger partial charge in [-0.25, -0.2) is 4.79 Å². The van der Waals surface area contributed by atoms with Crippen molar-refractivity contribution in [2.45, 2.75) is 25.7 Å². The molecule has 4 nitrogen and oxygen atoms in total. The minimum Gasteiger partial charge on any atom is -0.422 e. The second-order valence-electron chi connectivity index (χ2n) is 5.31. The minimum absolute atomic E-state index is 0.0895. The molecular formula is C16H16ClNO3. The smallest absolute Gasteiger partial charge is 0.349 e. The predicted octanol–water partition coefficient (Wildman–Crippen LogP) is 3.64. The summed E-state index contributed by atoms with van der Waals surface area (Å²) in [4.78, 5) is 25.5. The van der Waals surface area contributed by atoms with Gasteiger partial charge in [0.1, 0.15) is 11.1 Å². The SMILES string of the molecule is O=Cc1c(N2CCCCCC2)c2cc(Cl)ccc2oc1=O. The molecule has 0 N–H and O–H groups in total. The summed E-state index contributed by atoms with van der Waals surface area (Å²) in [6.07, 6.45) is 5.05. The quantitative estimate of drug-likeness (QED) is 0.628. The highest BCUT2D eigenvalue weighted by Gasteiger charge is 2.20. The van der Waals surface area contributed by atoms with Gasteiger partial charge in [0.05, 0.1) is 5.69 Å². The Kier molecular flexibility index (Phi) is 3.97. The number of rotatable bonds is 2. The van der Waals surface area contributed by atoms with E-state index in [9.17, 15) is 9.59 Å². The zero-order chi connectivity index (χ0) is 14.8. The van der Waals surface area contributed by atoms with E-state index in [0.29, 0.717) is 22.6 Å². The van der Waals surface area contributed by atoms with Crippen LogP contribution in [-0.4, -0.2) is 19.4 Å². The van der Waals surface area contributed by atoms with Gasteiger partial charge in [0.15, 0.2) is 6.29 Å². The number of halogens is 1. The maximum atomic E-state index is 12.0. The van der Waals surface area contributed by atoms with E-state index in [1.54, 1.807) is 18.2 Å². The second-order valence-corrected chi connectivity index (χ2v) is 5.75. The molecule has 1 aromatic heterocycles. The van der Waals surface area contributed by atoms with Crippen LogP contribution in [0, 0.1) is 0 Å². The van der Waals surface area contributed by atoms with E-state index in [4.69, 9.17) is 16.0 Å². The van der Waals surface area contributed by atoms with Gasteiger partial charge < -0.3 is 9.32 Å². The first kappa shape index (κ1) is 14.1. The van der Waals surface area contributed by atoms with Crippen LogP contribution in [0.2, 0.25) is 5.02 Å². The summed E-state index contributed by atoms with van der Waals surface area (Å²) < 4.78 is 5.23. The lowest BCUT2D eigenvalue weighted by atomic mass is 10.1. The van der Waals surface area contributed by atoms with Crippen molar-refractivity contribution in [2.75, 3.05) is 18.0 Å². The lowest BCUT2D eigenvalue weighted by Crippen LogP contribution is -2.27. The number of hydrogen-bond acceptors (Lipinski definition) is 4. The molecule has 1 aliphatic rings. The molecule has 1 saturated heterocycles. The van der Waals surface area contributed by atoms with E-state index in [0.717, 1.165) is 31.3 Å². The average molecular weight is 306 g/mol. The van der Waals surface area contributed by atoms with Crippen LogP contribution in [-0.2, 0) is 0 Å². The van der Waals surface area contributed by atoms with Gasteiger partial charge in [-0.1, -0.05) is 24.4 Å². The fraction of sp³-hybridized carbons (Fsp3) is 0.375. The topological polar surface area (TPSA) is 50.5 Å². The molecule has 1 fully saturated rings. The second kappa shape index (κ2) is 5.90. The summed E-state index contributed by atoms with van der Waals surface area (Å²) in [5.74, 6) is 0. The molecule has 0 atom stereocenters. The first-order valence-electron chi connectivity index (χ1n) is 7.17. The van der Waals surface area contributed by atoms with Crippen molar-refractivity contribution in [3.8, 4) is 0 Å². The fourth-order valence-electron chi connectivity index (χ4n) is 2.91. The van der Waals surface area contributed by atoms with Gasteiger partial charge in [0.25, 0.3) is 0 Å². The van der Waals surface area contributed by atoms with E-state index >= 15 is 0 Å². The van der Waals surface area contributed by atoms with Crippen LogP contribution in [0.1, 0.15) is 36.0 Å². The Bertz CT molecular complexity index is 730. The Morgan fingerprint density at radius 2 is 1.86 bits per heavy atom. The van der Waals surface area contributed by atoms with E-state index in [1.807, 2.05) is 0 Å². The lowest BCUT2D eigenvalue weighted by molar-refractivity contribution is 0.112. The van der Waals surface area contributed by atoms with E-state index in [-0.39, 0.29) is 5.56 Å². The summed E-state index contributed by atoms with van der Waals surface area (Å²) in [6, 6.07) is 5.11. The molecule has 1 aliphatic heterocycles. The molecular weight excluding hydrogens is 290 g/mol. The normalized spacial score (nSPS) is 16.0. The maximum Gasteiger partial charge on any atom is 0.349 e. The van der Waals surface area contributed by atoms with Gasteiger partial charge in [-0.05, 0) is 31.0 Å². The molecule has 1 aromatic carbocycles. The average Bonchev–Trinajstić information content (AvgIpc) is 2.75. The Labute approximate surface area is 127 Å². The van der Waals surface area contributed by atoms with Crippen LogP contribution in [0.5, 0.6) is 0 Å². The highest BCUT2D eigenvalue weighted by atomic mass is 35.5. The largest absolute Gasteiger partial charge is 0.422 e. The molecule has 110 valence electrons. The zero-order valence-corrected chi connectivity index (χ0v) is 12.4. The summed E-state index contributed by atoms with van der Waals surface area (Å²) in [7, 11) is 0. The molecule has 5 heteroatoms.